The molecule has 2 nitrogen and oxygen atoms in total. The lowest BCUT2D eigenvalue weighted by atomic mass is 10.1. The highest BCUT2D eigenvalue weighted by molar-refractivity contribution is 7.99. The van der Waals surface area contributed by atoms with Crippen LogP contribution in [0.15, 0.2) is 17.0 Å². The number of rotatable bonds is 4. The van der Waals surface area contributed by atoms with E-state index in [1.807, 2.05) is 6.92 Å². The van der Waals surface area contributed by atoms with E-state index < -0.39 is 0 Å². The summed E-state index contributed by atoms with van der Waals surface area (Å²) < 4.78 is 5.33. The second-order valence-corrected chi connectivity index (χ2v) is 4.32. The molecule has 0 bridgehead atoms. The van der Waals surface area contributed by atoms with Crippen molar-refractivity contribution in [1.82, 2.24) is 0 Å². The van der Waals surface area contributed by atoms with Crippen molar-refractivity contribution in [2.75, 3.05) is 19.5 Å². The van der Waals surface area contributed by atoms with Crippen molar-refractivity contribution in [3.63, 3.8) is 0 Å². The normalized spacial score (nSPS) is 10.3. The number of thioether (sulfide) groups is 1. The van der Waals surface area contributed by atoms with E-state index in [9.17, 15) is 0 Å². The molecule has 0 spiro atoms. The molecule has 0 aliphatic heterocycles. The predicted octanol–water partition coefficient (Wildman–Crippen LogP) is 2.40. The number of aryl methyl sites for hydroxylation is 2. The van der Waals surface area contributed by atoms with Crippen molar-refractivity contribution in [3.05, 3.63) is 23.3 Å². The van der Waals surface area contributed by atoms with Gasteiger partial charge in [0.15, 0.2) is 0 Å². The number of hydrogen-bond acceptors (Lipinski definition) is 3. The molecule has 3 heteroatoms. The fraction of sp³-hybridized carbons (Fsp3) is 0.455. The van der Waals surface area contributed by atoms with Crippen LogP contribution < -0.4 is 4.74 Å². The molecule has 0 atom stereocenters. The first-order valence-corrected chi connectivity index (χ1v) is 5.56. The fourth-order valence-electron chi connectivity index (χ4n) is 1.44. The van der Waals surface area contributed by atoms with Crippen molar-refractivity contribution in [2.45, 2.75) is 18.7 Å². The van der Waals surface area contributed by atoms with Gasteiger partial charge in [-0.2, -0.15) is 0 Å². The van der Waals surface area contributed by atoms with Gasteiger partial charge >= 0.3 is 0 Å². The van der Waals surface area contributed by atoms with Crippen molar-refractivity contribution >= 4 is 11.8 Å². The number of aliphatic hydroxyl groups is 1. The Morgan fingerprint density at radius 1 is 1.36 bits per heavy atom. The number of benzene rings is 1. The molecule has 0 saturated heterocycles. The fourth-order valence-corrected chi connectivity index (χ4v) is 2.40. The van der Waals surface area contributed by atoms with E-state index in [4.69, 9.17) is 9.84 Å². The number of ether oxygens (including phenoxy) is 1. The zero-order valence-electron chi connectivity index (χ0n) is 8.83. The largest absolute Gasteiger partial charge is 0.495 e. The summed E-state index contributed by atoms with van der Waals surface area (Å²) in [4.78, 5) is 1.11. The lowest BCUT2D eigenvalue weighted by molar-refractivity contribution is 0.322. The van der Waals surface area contributed by atoms with Gasteiger partial charge < -0.3 is 9.84 Å². The molecule has 0 amide bonds. The van der Waals surface area contributed by atoms with Gasteiger partial charge in [-0.1, -0.05) is 6.07 Å². The molecular formula is C11H16O2S. The predicted molar refractivity (Wildman–Crippen MR) is 60.3 cm³/mol. The minimum atomic E-state index is 0.195. The highest BCUT2D eigenvalue weighted by atomic mass is 32.2. The third-order valence-corrected chi connectivity index (χ3v) is 2.94. The van der Waals surface area contributed by atoms with Crippen molar-refractivity contribution in [2.24, 2.45) is 0 Å². The summed E-state index contributed by atoms with van der Waals surface area (Å²) in [5.41, 5.74) is 2.37. The maximum absolute atomic E-state index is 8.77. The molecular weight excluding hydrogens is 196 g/mol. The summed E-state index contributed by atoms with van der Waals surface area (Å²) in [7, 11) is 1.68. The van der Waals surface area contributed by atoms with Crippen LogP contribution in [0.3, 0.4) is 0 Å². The average Bonchev–Trinajstić information content (AvgIpc) is 2.14. The Bertz CT molecular complexity index is 310. The summed E-state index contributed by atoms with van der Waals surface area (Å²) in [5, 5.41) is 8.77. The lowest BCUT2D eigenvalue weighted by Gasteiger charge is -2.11. The molecule has 0 heterocycles. The SMILES string of the molecule is COc1c(C)cc(C)cc1SCCO. The van der Waals surface area contributed by atoms with Crippen LogP contribution in [0.2, 0.25) is 0 Å². The molecule has 0 aliphatic rings. The van der Waals surface area contributed by atoms with E-state index in [0.717, 1.165) is 16.2 Å². The molecule has 0 unspecified atom stereocenters. The first-order valence-electron chi connectivity index (χ1n) is 4.58. The monoisotopic (exact) mass is 212 g/mol. The molecule has 0 radical (unpaired) electrons. The smallest absolute Gasteiger partial charge is 0.135 e. The first-order chi connectivity index (χ1) is 6.69. The summed E-state index contributed by atoms with van der Waals surface area (Å²) in [5.74, 6) is 1.63. The van der Waals surface area contributed by atoms with Crippen LogP contribution in [0.5, 0.6) is 5.75 Å². The Kier molecular flexibility index (Phi) is 4.29. The summed E-state index contributed by atoms with van der Waals surface area (Å²) >= 11 is 1.62. The second kappa shape index (κ2) is 5.27. The highest BCUT2D eigenvalue weighted by Gasteiger charge is 2.07. The van der Waals surface area contributed by atoms with Gasteiger partial charge in [0.05, 0.1) is 13.7 Å². The number of aliphatic hydroxyl groups excluding tert-OH is 1. The molecule has 0 aromatic heterocycles. The van der Waals surface area contributed by atoms with Crippen LogP contribution in [-0.2, 0) is 0 Å². The number of hydrogen-bond donors (Lipinski definition) is 1. The van der Waals surface area contributed by atoms with Gasteiger partial charge in [0.2, 0.25) is 0 Å². The van der Waals surface area contributed by atoms with Crippen LogP contribution in [0.25, 0.3) is 0 Å². The molecule has 0 fully saturated rings. The summed E-state index contributed by atoms with van der Waals surface area (Å²) in [6.07, 6.45) is 0. The Balaban J connectivity index is 2.99. The molecule has 0 saturated carbocycles. The van der Waals surface area contributed by atoms with E-state index in [-0.39, 0.29) is 6.61 Å². The molecule has 1 aromatic rings. The zero-order valence-corrected chi connectivity index (χ0v) is 9.65. The van der Waals surface area contributed by atoms with Crippen molar-refractivity contribution < 1.29 is 9.84 Å². The average molecular weight is 212 g/mol. The van der Waals surface area contributed by atoms with Gasteiger partial charge in [0, 0.05) is 10.6 Å². The summed E-state index contributed by atoms with van der Waals surface area (Å²) in [6, 6.07) is 4.19. The standard InChI is InChI=1S/C11H16O2S/c1-8-6-9(2)11(13-3)10(7-8)14-5-4-12/h6-7,12H,4-5H2,1-3H3. The lowest BCUT2D eigenvalue weighted by Crippen LogP contribution is -1.93. The third-order valence-electron chi connectivity index (χ3n) is 1.94. The van der Waals surface area contributed by atoms with E-state index in [1.165, 1.54) is 5.56 Å². The second-order valence-electron chi connectivity index (χ2n) is 3.19. The third kappa shape index (κ3) is 2.66. The molecule has 78 valence electrons. The molecule has 14 heavy (non-hydrogen) atoms. The van der Waals surface area contributed by atoms with Gasteiger partial charge in [-0.25, -0.2) is 0 Å². The van der Waals surface area contributed by atoms with Crippen LogP contribution in [-0.4, -0.2) is 24.6 Å². The minimum Gasteiger partial charge on any atom is -0.495 e. The highest BCUT2D eigenvalue weighted by Crippen LogP contribution is 2.33. The zero-order chi connectivity index (χ0) is 10.6. The van der Waals surface area contributed by atoms with Crippen LogP contribution >= 0.6 is 11.8 Å². The maximum atomic E-state index is 8.77. The van der Waals surface area contributed by atoms with Gasteiger partial charge in [0.1, 0.15) is 5.75 Å². The van der Waals surface area contributed by atoms with Gasteiger partial charge in [-0.15, -0.1) is 11.8 Å². The molecule has 0 aliphatic carbocycles. The Hall–Kier alpha value is -0.670. The van der Waals surface area contributed by atoms with E-state index in [2.05, 4.69) is 19.1 Å². The topological polar surface area (TPSA) is 29.5 Å². The van der Waals surface area contributed by atoms with Crippen molar-refractivity contribution in [1.29, 1.82) is 0 Å². The quantitative estimate of drug-likeness (QED) is 0.777. The maximum Gasteiger partial charge on any atom is 0.135 e. The van der Waals surface area contributed by atoms with Crippen LogP contribution in [0.4, 0.5) is 0 Å². The molecule has 1 rings (SSSR count). The molecule has 1 aromatic carbocycles. The molecule has 1 N–H and O–H groups in total. The minimum absolute atomic E-state index is 0.195. The van der Waals surface area contributed by atoms with Gasteiger partial charge in [0.25, 0.3) is 0 Å². The Labute approximate surface area is 89.3 Å². The van der Waals surface area contributed by atoms with E-state index in [1.54, 1.807) is 18.9 Å². The number of methoxy groups -OCH3 is 1. The van der Waals surface area contributed by atoms with Gasteiger partial charge in [-0.3, -0.25) is 0 Å². The summed E-state index contributed by atoms with van der Waals surface area (Å²) in [6.45, 7) is 4.30. The van der Waals surface area contributed by atoms with Gasteiger partial charge in [-0.05, 0) is 31.0 Å². The van der Waals surface area contributed by atoms with E-state index >= 15 is 0 Å². The van der Waals surface area contributed by atoms with E-state index in [0.29, 0.717) is 5.75 Å². The van der Waals surface area contributed by atoms with Crippen LogP contribution in [0, 0.1) is 13.8 Å². The van der Waals surface area contributed by atoms with Crippen molar-refractivity contribution in [3.8, 4) is 5.75 Å². The first kappa shape index (κ1) is 11.4. The van der Waals surface area contributed by atoms with Crippen LogP contribution in [0.1, 0.15) is 11.1 Å². The Morgan fingerprint density at radius 3 is 2.64 bits per heavy atom. The Morgan fingerprint density at radius 2 is 2.07 bits per heavy atom.